The van der Waals surface area contributed by atoms with Gasteiger partial charge in [-0.25, -0.2) is 0 Å². The van der Waals surface area contributed by atoms with E-state index in [1.807, 2.05) is 24.5 Å². The molecule has 1 aromatic heterocycles. The molecule has 4 heteroatoms. The third-order valence-corrected chi connectivity index (χ3v) is 7.19. The molecule has 31 heavy (non-hydrogen) atoms. The normalized spacial score (nSPS) is 24.8. The third-order valence-electron chi connectivity index (χ3n) is 7.19. The Hall–Kier alpha value is -2.69. The third kappa shape index (κ3) is 4.10. The summed E-state index contributed by atoms with van der Waals surface area (Å²) in [5.41, 5.74) is 5.18. The van der Waals surface area contributed by atoms with Crippen LogP contribution in [0.15, 0.2) is 73.1 Å². The minimum absolute atomic E-state index is 0.0651. The molecular weight excluding hydrogens is 382 g/mol. The SMILES string of the molecule is COc1ccccc1CNC1(Cc2ccccc2-c2cccnc2)CN2CCC1CC2. The van der Waals surface area contributed by atoms with E-state index in [4.69, 9.17) is 4.74 Å². The number of fused-ring (bicyclic) bond motifs is 3. The summed E-state index contributed by atoms with van der Waals surface area (Å²) in [6.07, 6.45) is 7.39. The first-order valence-corrected chi connectivity index (χ1v) is 11.3. The van der Waals surface area contributed by atoms with Gasteiger partial charge >= 0.3 is 0 Å². The second kappa shape index (κ2) is 8.81. The molecule has 3 aliphatic rings. The highest BCUT2D eigenvalue weighted by molar-refractivity contribution is 5.66. The van der Waals surface area contributed by atoms with E-state index in [-0.39, 0.29) is 5.54 Å². The van der Waals surface area contributed by atoms with Crippen LogP contribution in [0.4, 0.5) is 0 Å². The van der Waals surface area contributed by atoms with Gasteiger partial charge in [0.05, 0.1) is 7.11 Å². The molecule has 3 fully saturated rings. The maximum atomic E-state index is 5.62. The Labute approximate surface area is 185 Å². The van der Waals surface area contributed by atoms with Crippen molar-refractivity contribution in [3.63, 3.8) is 0 Å². The van der Waals surface area contributed by atoms with Gasteiger partial charge in [0.15, 0.2) is 0 Å². The largest absolute Gasteiger partial charge is 0.496 e. The second-order valence-corrected chi connectivity index (χ2v) is 8.95. The van der Waals surface area contributed by atoms with E-state index in [0.29, 0.717) is 5.92 Å². The zero-order chi connectivity index (χ0) is 21.1. The van der Waals surface area contributed by atoms with Gasteiger partial charge in [-0.2, -0.15) is 0 Å². The van der Waals surface area contributed by atoms with Crippen molar-refractivity contribution in [2.24, 2.45) is 5.92 Å². The summed E-state index contributed by atoms with van der Waals surface area (Å²) in [4.78, 5) is 7.00. The van der Waals surface area contributed by atoms with Crippen molar-refractivity contribution >= 4 is 0 Å². The van der Waals surface area contributed by atoms with Crippen LogP contribution in [0.25, 0.3) is 11.1 Å². The molecule has 2 bridgehead atoms. The molecule has 0 amide bonds. The van der Waals surface area contributed by atoms with E-state index in [0.717, 1.165) is 25.3 Å². The summed E-state index contributed by atoms with van der Waals surface area (Å²) in [6, 6.07) is 21.4. The zero-order valence-corrected chi connectivity index (χ0v) is 18.3. The van der Waals surface area contributed by atoms with Crippen molar-refractivity contribution < 1.29 is 4.74 Å². The zero-order valence-electron chi connectivity index (χ0n) is 18.3. The Morgan fingerprint density at radius 2 is 1.77 bits per heavy atom. The van der Waals surface area contributed by atoms with Crippen LogP contribution in [0, 0.1) is 5.92 Å². The Morgan fingerprint density at radius 3 is 2.48 bits per heavy atom. The molecular formula is C27H31N3O. The molecule has 0 spiro atoms. The molecule has 1 N–H and O–H groups in total. The quantitative estimate of drug-likeness (QED) is 0.616. The molecule has 3 aliphatic heterocycles. The Morgan fingerprint density at radius 1 is 1.00 bits per heavy atom. The van der Waals surface area contributed by atoms with Gasteiger partial charge in [0, 0.05) is 42.1 Å². The van der Waals surface area contributed by atoms with Crippen LogP contribution >= 0.6 is 0 Å². The fraction of sp³-hybridized carbons (Fsp3) is 0.370. The summed E-state index contributed by atoms with van der Waals surface area (Å²) in [5.74, 6) is 1.65. The van der Waals surface area contributed by atoms with Crippen LogP contribution in [0.5, 0.6) is 5.75 Å². The number of nitrogens with zero attached hydrogens (tertiary/aromatic N) is 2. The Balaban J connectivity index is 1.47. The molecule has 6 rings (SSSR count). The molecule has 4 nitrogen and oxygen atoms in total. The highest BCUT2D eigenvalue weighted by Gasteiger charge is 2.46. The van der Waals surface area contributed by atoms with Crippen molar-refractivity contribution in [1.29, 1.82) is 0 Å². The van der Waals surface area contributed by atoms with Gasteiger partial charge in [-0.05, 0) is 61.5 Å². The number of nitrogens with one attached hydrogen (secondary N) is 1. The standard InChI is InChI=1S/C27H31N3O/c1-31-26-11-5-3-8-23(26)19-29-27(20-30-15-12-24(27)13-16-30)17-21-7-2-4-10-25(21)22-9-6-14-28-18-22/h2-11,14,18,24,29H,12-13,15-17,19-20H2,1H3. The molecule has 3 saturated heterocycles. The maximum Gasteiger partial charge on any atom is 0.123 e. The number of pyridine rings is 1. The maximum absolute atomic E-state index is 5.62. The first-order valence-electron chi connectivity index (χ1n) is 11.3. The van der Waals surface area contributed by atoms with Gasteiger partial charge in [0.1, 0.15) is 5.75 Å². The molecule has 0 saturated carbocycles. The topological polar surface area (TPSA) is 37.4 Å². The molecule has 160 valence electrons. The van der Waals surface area contributed by atoms with Crippen molar-refractivity contribution in [2.75, 3.05) is 26.7 Å². The Kier molecular flexibility index (Phi) is 5.75. The number of para-hydroxylation sites is 1. The van der Waals surface area contributed by atoms with Gasteiger partial charge in [-0.1, -0.05) is 48.5 Å². The summed E-state index contributed by atoms with van der Waals surface area (Å²) >= 11 is 0. The molecule has 1 atom stereocenters. The minimum Gasteiger partial charge on any atom is -0.496 e. The smallest absolute Gasteiger partial charge is 0.123 e. The molecule has 1 unspecified atom stereocenters. The van der Waals surface area contributed by atoms with Crippen LogP contribution in [0.1, 0.15) is 24.0 Å². The van der Waals surface area contributed by atoms with Crippen LogP contribution in [-0.4, -0.2) is 42.2 Å². The molecule has 4 heterocycles. The van der Waals surface area contributed by atoms with E-state index in [2.05, 4.69) is 63.7 Å². The molecule has 0 aliphatic carbocycles. The highest BCUT2D eigenvalue weighted by Crippen LogP contribution is 2.40. The van der Waals surface area contributed by atoms with E-state index in [9.17, 15) is 0 Å². The highest BCUT2D eigenvalue weighted by atomic mass is 16.5. The van der Waals surface area contributed by atoms with Crippen LogP contribution < -0.4 is 10.1 Å². The van der Waals surface area contributed by atoms with E-state index in [1.165, 1.54) is 48.2 Å². The average Bonchev–Trinajstić information content (AvgIpc) is 2.84. The van der Waals surface area contributed by atoms with Crippen LogP contribution in [-0.2, 0) is 13.0 Å². The molecule has 3 aromatic rings. The number of benzene rings is 2. The number of hydrogen-bond donors (Lipinski definition) is 1. The first kappa shape index (κ1) is 20.2. The average molecular weight is 414 g/mol. The predicted octanol–water partition coefficient (Wildman–Crippen LogP) is 4.55. The number of aromatic nitrogens is 1. The summed E-state index contributed by atoms with van der Waals surface area (Å²) in [7, 11) is 1.76. The summed E-state index contributed by atoms with van der Waals surface area (Å²) in [6.45, 7) is 4.39. The van der Waals surface area contributed by atoms with E-state index in [1.54, 1.807) is 7.11 Å². The predicted molar refractivity (Wildman–Crippen MR) is 125 cm³/mol. The van der Waals surface area contributed by atoms with Crippen molar-refractivity contribution in [2.45, 2.75) is 31.3 Å². The fourth-order valence-electron chi connectivity index (χ4n) is 5.57. The van der Waals surface area contributed by atoms with Crippen molar-refractivity contribution in [3.05, 3.63) is 84.2 Å². The summed E-state index contributed by atoms with van der Waals surface area (Å²) < 4.78 is 5.62. The molecule has 2 aromatic carbocycles. The van der Waals surface area contributed by atoms with Gasteiger partial charge < -0.3 is 15.0 Å². The van der Waals surface area contributed by atoms with Crippen molar-refractivity contribution in [3.8, 4) is 16.9 Å². The van der Waals surface area contributed by atoms with Crippen LogP contribution in [0.2, 0.25) is 0 Å². The van der Waals surface area contributed by atoms with Gasteiger partial charge in [-0.15, -0.1) is 0 Å². The van der Waals surface area contributed by atoms with E-state index < -0.39 is 0 Å². The lowest BCUT2D eigenvalue weighted by Crippen LogP contribution is -2.66. The van der Waals surface area contributed by atoms with Crippen molar-refractivity contribution in [1.82, 2.24) is 15.2 Å². The minimum atomic E-state index is 0.0651. The summed E-state index contributed by atoms with van der Waals surface area (Å²) in [5, 5.41) is 4.05. The first-order chi connectivity index (χ1) is 15.3. The fourth-order valence-corrected chi connectivity index (χ4v) is 5.57. The number of rotatable bonds is 7. The lowest BCUT2D eigenvalue weighted by Gasteiger charge is -2.54. The molecule has 0 radical (unpaired) electrons. The van der Waals surface area contributed by atoms with Gasteiger partial charge in [-0.3, -0.25) is 4.98 Å². The van der Waals surface area contributed by atoms with Gasteiger partial charge in [0.25, 0.3) is 0 Å². The Bertz CT molecular complexity index is 1010. The van der Waals surface area contributed by atoms with E-state index >= 15 is 0 Å². The number of hydrogen-bond acceptors (Lipinski definition) is 4. The lowest BCUT2D eigenvalue weighted by molar-refractivity contribution is 0.00490. The van der Waals surface area contributed by atoms with Gasteiger partial charge in [0.2, 0.25) is 0 Å². The van der Waals surface area contributed by atoms with Crippen LogP contribution in [0.3, 0.4) is 0 Å². The number of piperidine rings is 3. The number of methoxy groups -OCH3 is 1. The number of ether oxygens (including phenoxy) is 1. The second-order valence-electron chi connectivity index (χ2n) is 8.95. The monoisotopic (exact) mass is 413 g/mol. The lowest BCUT2D eigenvalue weighted by atomic mass is 9.69.